The lowest BCUT2D eigenvalue weighted by atomic mass is 9.77. The van der Waals surface area contributed by atoms with Gasteiger partial charge in [0, 0.05) is 24.0 Å². The maximum atomic E-state index is 13.0. The summed E-state index contributed by atoms with van der Waals surface area (Å²) in [5.74, 6) is 0.230. The third-order valence-electron chi connectivity index (χ3n) is 4.73. The van der Waals surface area contributed by atoms with Crippen molar-refractivity contribution in [2.75, 3.05) is 5.32 Å². The predicted molar refractivity (Wildman–Crippen MR) is 82.0 cm³/mol. The summed E-state index contributed by atoms with van der Waals surface area (Å²) in [5.41, 5.74) is 1.99. The van der Waals surface area contributed by atoms with Crippen molar-refractivity contribution in [3.05, 3.63) is 71.6 Å². The summed E-state index contributed by atoms with van der Waals surface area (Å²) in [6.45, 7) is 0. The first-order chi connectivity index (χ1) is 11.0. The fourth-order valence-electron chi connectivity index (χ4n) is 3.66. The molecule has 0 saturated carbocycles. The standard InChI is InChI=1S/C18H15F3N2/c19-18(20,21)12-6-7-16-15(9-12)13-4-1-5-14(13)17(23-16)11-3-2-8-22-10-11/h1-4,6-10,13-14,17,23H,5H2/t13-,14+,17+/m0/s1. The van der Waals surface area contributed by atoms with Gasteiger partial charge in [0.25, 0.3) is 0 Å². The second kappa shape index (κ2) is 5.11. The molecule has 23 heavy (non-hydrogen) atoms. The Bertz CT molecular complexity index is 753. The Hall–Kier alpha value is -2.30. The molecule has 4 rings (SSSR count). The van der Waals surface area contributed by atoms with E-state index in [1.807, 2.05) is 24.4 Å². The van der Waals surface area contributed by atoms with Gasteiger partial charge in [-0.1, -0.05) is 18.2 Å². The molecule has 0 saturated heterocycles. The molecule has 0 bridgehead atoms. The maximum absolute atomic E-state index is 13.0. The van der Waals surface area contributed by atoms with Crippen LogP contribution in [-0.4, -0.2) is 4.98 Å². The summed E-state index contributed by atoms with van der Waals surface area (Å²) in [5, 5.41) is 3.42. The molecule has 2 nitrogen and oxygen atoms in total. The van der Waals surface area contributed by atoms with Crippen LogP contribution in [0.4, 0.5) is 18.9 Å². The lowest BCUT2D eigenvalue weighted by molar-refractivity contribution is -0.137. The van der Waals surface area contributed by atoms with Crippen LogP contribution in [-0.2, 0) is 6.18 Å². The number of nitrogens with zero attached hydrogens (tertiary/aromatic N) is 1. The molecule has 0 amide bonds. The molecule has 0 radical (unpaired) electrons. The zero-order valence-corrected chi connectivity index (χ0v) is 12.2. The first-order valence-electron chi connectivity index (χ1n) is 7.58. The van der Waals surface area contributed by atoms with Crippen molar-refractivity contribution in [1.82, 2.24) is 4.98 Å². The largest absolute Gasteiger partial charge is 0.416 e. The fourth-order valence-corrected chi connectivity index (χ4v) is 3.66. The number of allylic oxidation sites excluding steroid dienone is 2. The average molecular weight is 316 g/mol. The summed E-state index contributed by atoms with van der Waals surface area (Å²) in [4.78, 5) is 4.17. The molecule has 1 aromatic carbocycles. The summed E-state index contributed by atoms with van der Waals surface area (Å²) in [6.07, 6.45) is 4.19. The Kier molecular flexibility index (Phi) is 3.18. The summed E-state index contributed by atoms with van der Waals surface area (Å²) < 4.78 is 39.0. The van der Waals surface area contributed by atoms with Crippen molar-refractivity contribution in [2.24, 2.45) is 5.92 Å². The van der Waals surface area contributed by atoms with Gasteiger partial charge >= 0.3 is 6.18 Å². The van der Waals surface area contributed by atoms with Crippen molar-refractivity contribution in [3.63, 3.8) is 0 Å². The number of hydrogen-bond donors (Lipinski definition) is 1. The van der Waals surface area contributed by atoms with Crippen LogP contribution in [0.25, 0.3) is 0 Å². The third-order valence-corrected chi connectivity index (χ3v) is 4.73. The molecule has 0 fully saturated rings. The molecule has 1 aromatic heterocycles. The summed E-state index contributed by atoms with van der Waals surface area (Å²) in [7, 11) is 0. The molecular weight excluding hydrogens is 301 g/mol. The van der Waals surface area contributed by atoms with Crippen LogP contribution in [0, 0.1) is 5.92 Å². The van der Waals surface area contributed by atoms with Gasteiger partial charge in [0.2, 0.25) is 0 Å². The van der Waals surface area contributed by atoms with E-state index in [2.05, 4.69) is 16.4 Å². The van der Waals surface area contributed by atoms with Crippen molar-refractivity contribution in [1.29, 1.82) is 0 Å². The number of aromatic nitrogens is 1. The van der Waals surface area contributed by atoms with E-state index in [0.717, 1.165) is 29.3 Å². The van der Waals surface area contributed by atoms with Crippen LogP contribution >= 0.6 is 0 Å². The van der Waals surface area contributed by atoms with Crippen LogP contribution in [0.1, 0.15) is 35.1 Å². The summed E-state index contributed by atoms with van der Waals surface area (Å²) >= 11 is 0. The number of alkyl halides is 3. The van der Waals surface area contributed by atoms with Crippen LogP contribution in [0.2, 0.25) is 0 Å². The van der Waals surface area contributed by atoms with Gasteiger partial charge in [-0.15, -0.1) is 0 Å². The topological polar surface area (TPSA) is 24.9 Å². The molecule has 0 spiro atoms. The predicted octanol–water partition coefficient (Wildman–Crippen LogP) is 4.93. The molecule has 2 aromatic rings. The molecule has 118 valence electrons. The van der Waals surface area contributed by atoms with Crippen molar-refractivity contribution in [2.45, 2.75) is 24.6 Å². The lowest BCUT2D eigenvalue weighted by Gasteiger charge is -2.37. The van der Waals surface area contributed by atoms with Crippen molar-refractivity contribution < 1.29 is 13.2 Å². The Morgan fingerprint density at radius 1 is 1.17 bits per heavy atom. The molecule has 0 unspecified atom stereocenters. The van der Waals surface area contributed by atoms with Gasteiger partial charge in [-0.25, -0.2) is 0 Å². The highest BCUT2D eigenvalue weighted by Gasteiger charge is 2.39. The molecule has 1 aliphatic heterocycles. The van der Waals surface area contributed by atoms with E-state index in [9.17, 15) is 13.2 Å². The van der Waals surface area contributed by atoms with Gasteiger partial charge in [-0.3, -0.25) is 4.98 Å². The quantitative estimate of drug-likeness (QED) is 0.755. The fraction of sp³-hybridized carbons (Fsp3) is 0.278. The smallest absolute Gasteiger partial charge is 0.378 e. The first-order valence-corrected chi connectivity index (χ1v) is 7.58. The number of hydrogen-bond acceptors (Lipinski definition) is 2. The highest BCUT2D eigenvalue weighted by atomic mass is 19.4. The minimum atomic E-state index is -4.31. The Labute approximate surface area is 132 Å². The maximum Gasteiger partial charge on any atom is 0.416 e. The van der Waals surface area contributed by atoms with Crippen molar-refractivity contribution in [3.8, 4) is 0 Å². The van der Waals surface area contributed by atoms with Crippen LogP contribution in [0.5, 0.6) is 0 Å². The molecule has 1 aliphatic carbocycles. The average Bonchev–Trinajstić information content (AvgIpc) is 3.03. The highest BCUT2D eigenvalue weighted by Crippen LogP contribution is 2.50. The molecular formula is C18H15F3N2. The van der Waals surface area contributed by atoms with Gasteiger partial charge in [-0.05, 0) is 47.7 Å². The monoisotopic (exact) mass is 316 g/mol. The van der Waals surface area contributed by atoms with E-state index in [1.165, 1.54) is 6.07 Å². The highest BCUT2D eigenvalue weighted by molar-refractivity contribution is 5.60. The molecule has 2 heterocycles. The zero-order chi connectivity index (χ0) is 16.0. The molecule has 5 heteroatoms. The van der Waals surface area contributed by atoms with E-state index in [1.54, 1.807) is 12.3 Å². The summed E-state index contributed by atoms with van der Waals surface area (Å²) in [6, 6.07) is 7.93. The lowest BCUT2D eigenvalue weighted by Crippen LogP contribution is -2.29. The van der Waals surface area contributed by atoms with Crippen LogP contribution in [0.15, 0.2) is 54.9 Å². The van der Waals surface area contributed by atoms with E-state index in [-0.39, 0.29) is 17.9 Å². The number of anilines is 1. The van der Waals surface area contributed by atoms with Crippen LogP contribution < -0.4 is 5.32 Å². The van der Waals surface area contributed by atoms with E-state index < -0.39 is 11.7 Å². The van der Waals surface area contributed by atoms with E-state index in [4.69, 9.17) is 0 Å². The van der Waals surface area contributed by atoms with Gasteiger partial charge in [-0.2, -0.15) is 13.2 Å². The number of pyridine rings is 1. The number of rotatable bonds is 1. The van der Waals surface area contributed by atoms with Gasteiger partial charge in [0.15, 0.2) is 0 Å². The second-order valence-corrected chi connectivity index (χ2v) is 6.06. The number of halogens is 3. The Morgan fingerprint density at radius 3 is 2.78 bits per heavy atom. The zero-order valence-electron chi connectivity index (χ0n) is 12.2. The Balaban J connectivity index is 1.78. The normalized spacial score (nSPS) is 25.6. The SMILES string of the molecule is FC(F)(F)c1ccc2c(c1)[C@H]1C=CC[C@H]1[C@@H](c1cccnc1)N2. The molecule has 3 atom stereocenters. The van der Waals surface area contributed by atoms with Crippen molar-refractivity contribution >= 4 is 5.69 Å². The number of fused-ring (bicyclic) bond motifs is 3. The van der Waals surface area contributed by atoms with Gasteiger partial charge < -0.3 is 5.32 Å². The minimum absolute atomic E-state index is 0.0127. The second-order valence-electron chi connectivity index (χ2n) is 6.06. The number of nitrogens with one attached hydrogen (secondary N) is 1. The minimum Gasteiger partial charge on any atom is -0.378 e. The molecule has 1 N–H and O–H groups in total. The third kappa shape index (κ3) is 2.40. The Morgan fingerprint density at radius 2 is 2.04 bits per heavy atom. The number of benzene rings is 1. The van der Waals surface area contributed by atoms with Gasteiger partial charge in [0.1, 0.15) is 0 Å². The molecule has 2 aliphatic rings. The van der Waals surface area contributed by atoms with Crippen LogP contribution in [0.3, 0.4) is 0 Å². The van der Waals surface area contributed by atoms with E-state index >= 15 is 0 Å². The first kappa shape index (κ1) is 14.3. The van der Waals surface area contributed by atoms with Gasteiger partial charge in [0.05, 0.1) is 11.6 Å². The van der Waals surface area contributed by atoms with E-state index in [0.29, 0.717) is 0 Å².